The Morgan fingerprint density at radius 2 is 2.00 bits per heavy atom. The maximum atomic E-state index is 4.09. The first kappa shape index (κ1) is 11.5. The number of nitrogens with zero attached hydrogens (tertiary/aromatic N) is 5. The van der Waals surface area contributed by atoms with E-state index in [1.165, 1.54) is 0 Å². The Bertz CT molecular complexity index is 655. The molecular formula is C13H14N6. The molecule has 2 aromatic heterocycles. The van der Waals surface area contributed by atoms with Crippen LogP contribution in [0, 0.1) is 0 Å². The van der Waals surface area contributed by atoms with Gasteiger partial charge in [0.1, 0.15) is 6.33 Å². The van der Waals surface area contributed by atoms with E-state index in [9.17, 15) is 0 Å². The van der Waals surface area contributed by atoms with Crippen LogP contribution < -0.4 is 5.32 Å². The fourth-order valence-electron chi connectivity index (χ4n) is 1.86. The summed E-state index contributed by atoms with van der Waals surface area (Å²) in [4.78, 5) is 4.08. The molecule has 0 aliphatic heterocycles. The SMILES string of the molecule is Cn1cncc1CNc1nncn1-c1ccccc1. The molecule has 0 atom stereocenters. The third-order valence-corrected chi connectivity index (χ3v) is 2.93. The number of hydrogen-bond donors (Lipinski definition) is 1. The van der Waals surface area contributed by atoms with E-state index in [1.807, 2.05) is 52.7 Å². The van der Waals surface area contributed by atoms with Crippen LogP contribution in [0.3, 0.4) is 0 Å². The number of aryl methyl sites for hydroxylation is 1. The van der Waals surface area contributed by atoms with Crippen molar-refractivity contribution >= 4 is 5.95 Å². The summed E-state index contributed by atoms with van der Waals surface area (Å²) in [5.74, 6) is 0.715. The van der Waals surface area contributed by atoms with E-state index >= 15 is 0 Å². The molecule has 0 aliphatic rings. The lowest BCUT2D eigenvalue weighted by molar-refractivity contribution is 0.830. The van der Waals surface area contributed by atoms with Crippen LogP contribution in [0.1, 0.15) is 5.69 Å². The van der Waals surface area contributed by atoms with Crippen LogP contribution in [0.4, 0.5) is 5.95 Å². The quantitative estimate of drug-likeness (QED) is 0.768. The molecular weight excluding hydrogens is 240 g/mol. The number of nitrogens with one attached hydrogen (secondary N) is 1. The van der Waals surface area contributed by atoms with E-state index in [1.54, 1.807) is 12.7 Å². The number of imidazole rings is 1. The summed E-state index contributed by atoms with van der Waals surface area (Å²) in [6, 6.07) is 9.98. The third-order valence-electron chi connectivity index (χ3n) is 2.93. The van der Waals surface area contributed by atoms with Gasteiger partial charge in [0.25, 0.3) is 0 Å². The van der Waals surface area contributed by atoms with E-state index in [0.29, 0.717) is 12.5 Å². The van der Waals surface area contributed by atoms with Crippen molar-refractivity contribution in [1.82, 2.24) is 24.3 Å². The predicted octanol–water partition coefficient (Wildman–Crippen LogP) is 1.61. The van der Waals surface area contributed by atoms with Crippen molar-refractivity contribution in [3.05, 3.63) is 54.9 Å². The van der Waals surface area contributed by atoms with Gasteiger partial charge in [0.15, 0.2) is 0 Å². The highest BCUT2D eigenvalue weighted by Crippen LogP contribution is 2.13. The topological polar surface area (TPSA) is 60.6 Å². The van der Waals surface area contributed by atoms with Crippen molar-refractivity contribution in [1.29, 1.82) is 0 Å². The molecule has 6 nitrogen and oxygen atoms in total. The molecule has 0 aliphatic carbocycles. The first-order valence-electron chi connectivity index (χ1n) is 5.99. The third kappa shape index (κ3) is 2.33. The van der Waals surface area contributed by atoms with Crippen LogP contribution in [0.2, 0.25) is 0 Å². The van der Waals surface area contributed by atoms with Gasteiger partial charge in [-0.1, -0.05) is 18.2 Å². The predicted molar refractivity (Wildman–Crippen MR) is 71.9 cm³/mol. The normalized spacial score (nSPS) is 10.6. The maximum Gasteiger partial charge on any atom is 0.229 e. The minimum Gasteiger partial charge on any atom is -0.348 e. The second-order valence-corrected chi connectivity index (χ2v) is 4.21. The van der Waals surface area contributed by atoms with Crippen LogP contribution in [0.5, 0.6) is 0 Å². The van der Waals surface area contributed by atoms with Crippen molar-refractivity contribution in [2.24, 2.45) is 7.05 Å². The van der Waals surface area contributed by atoms with Crippen molar-refractivity contribution in [3.63, 3.8) is 0 Å². The average Bonchev–Trinajstić information content (AvgIpc) is 3.06. The van der Waals surface area contributed by atoms with Gasteiger partial charge in [0.2, 0.25) is 5.95 Å². The van der Waals surface area contributed by atoms with Crippen LogP contribution in [0.15, 0.2) is 49.2 Å². The van der Waals surface area contributed by atoms with Gasteiger partial charge in [-0.15, -0.1) is 10.2 Å². The van der Waals surface area contributed by atoms with E-state index in [4.69, 9.17) is 0 Å². The second-order valence-electron chi connectivity index (χ2n) is 4.21. The molecule has 0 saturated carbocycles. The first-order valence-corrected chi connectivity index (χ1v) is 5.99. The van der Waals surface area contributed by atoms with Crippen LogP contribution >= 0.6 is 0 Å². The van der Waals surface area contributed by atoms with Crippen LogP contribution in [-0.2, 0) is 13.6 Å². The zero-order valence-corrected chi connectivity index (χ0v) is 10.6. The zero-order chi connectivity index (χ0) is 13.1. The summed E-state index contributed by atoms with van der Waals surface area (Å²) in [5.41, 5.74) is 2.11. The molecule has 0 fully saturated rings. The van der Waals surface area contributed by atoms with E-state index in [0.717, 1.165) is 11.4 Å². The Morgan fingerprint density at radius 3 is 2.74 bits per heavy atom. The molecule has 96 valence electrons. The molecule has 1 aromatic carbocycles. The molecule has 3 rings (SSSR count). The molecule has 0 spiro atoms. The molecule has 19 heavy (non-hydrogen) atoms. The monoisotopic (exact) mass is 254 g/mol. The molecule has 2 heterocycles. The summed E-state index contributed by atoms with van der Waals surface area (Å²) in [5, 5.41) is 11.3. The van der Waals surface area contributed by atoms with E-state index < -0.39 is 0 Å². The lowest BCUT2D eigenvalue weighted by Gasteiger charge is -2.08. The molecule has 3 aromatic rings. The molecule has 0 amide bonds. The average molecular weight is 254 g/mol. The van der Waals surface area contributed by atoms with Gasteiger partial charge in [0, 0.05) is 13.2 Å². The Balaban J connectivity index is 1.80. The van der Waals surface area contributed by atoms with Crippen molar-refractivity contribution in [2.45, 2.75) is 6.54 Å². The number of hydrogen-bond acceptors (Lipinski definition) is 4. The largest absolute Gasteiger partial charge is 0.348 e. The van der Waals surface area contributed by atoms with Crippen LogP contribution in [0.25, 0.3) is 5.69 Å². The number of rotatable bonds is 4. The van der Waals surface area contributed by atoms with Gasteiger partial charge in [-0.3, -0.25) is 4.57 Å². The first-order chi connectivity index (χ1) is 9.34. The Hall–Kier alpha value is -2.63. The van der Waals surface area contributed by atoms with Gasteiger partial charge in [-0.05, 0) is 12.1 Å². The minimum absolute atomic E-state index is 0.655. The Labute approximate surface area is 110 Å². The highest BCUT2D eigenvalue weighted by molar-refractivity contribution is 5.40. The molecule has 0 bridgehead atoms. The summed E-state index contributed by atoms with van der Waals surface area (Å²) < 4.78 is 3.88. The number of aromatic nitrogens is 5. The van der Waals surface area contributed by atoms with Crippen LogP contribution in [-0.4, -0.2) is 24.3 Å². The molecule has 0 saturated heterocycles. The second kappa shape index (κ2) is 4.93. The van der Waals surface area contributed by atoms with Crippen molar-refractivity contribution in [2.75, 3.05) is 5.32 Å². The van der Waals surface area contributed by atoms with E-state index in [2.05, 4.69) is 20.5 Å². The van der Waals surface area contributed by atoms with Gasteiger partial charge < -0.3 is 9.88 Å². The van der Waals surface area contributed by atoms with Crippen molar-refractivity contribution < 1.29 is 0 Å². The number of anilines is 1. The fraction of sp³-hybridized carbons (Fsp3) is 0.154. The molecule has 6 heteroatoms. The highest BCUT2D eigenvalue weighted by Gasteiger charge is 2.06. The maximum absolute atomic E-state index is 4.09. The Morgan fingerprint density at radius 1 is 1.16 bits per heavy atom. The lowest BCUT2D eigenvalue weighted by Crippen LogP contribution is -2.08. The molecule has 0 unspecified atom stereocenters. The molecule has 1 N–H and O–H groups in total. The number of benzene rings is 1. The van der Waals surface area contributed by atoms with Gasteiger partial charge in [-0.2, -0.15) is 0 Å². The Kier molecular flexibility index (Phi) is 2.97. The highest BCUT2D eigenvalue weighted by atomic mass is 15.3. The summed E-state index contributed by atoms with van der Waals surface area (Å²) in [6.07, 6.45) is 5.30. The molecule has 0 radical (unpaired) electrons. The minimum atomic E-state index is 0.655. The van der Waals surface area contributed by atoms with E-state index in [-0.39, 0.29) is 0 Å². The zero-order valence-electron chi connectivity index (χ0n) is 10.6. The summed E-state index contributed by atoms with van der Waals surface area (Å²) >= 11 is 0. The van der Waals surface area contributed by atoms with Crippen molar-refractivity contribution in [3.8, 4) is 5.69 Å². The van der Waals surface area contributed by atoms with Gasteiger partial charge in [-0.25, -0.2) is 4.98 Å². The smallest absolute Gasteiger partial charge is 0.229 e. The summed E-state index contributed by atoms with van der Waals surface area (Å²) in [7, 11) is 1.96. The lowest BCUT2D eigenvalue weighted by atomic mass is 10.3. The number of para-hydroxylation sites is 1. The fourth-order valence-corrected chi connectivity index (χ4v) is 1.86. The van der Waals surface area contributed by atoms with Gasteiger partial charge in [0.05, 0.1) is 24.3 Å². The summed E-state index contributed by atoms with van der Waals surface area (Å²) in [6.45, 7) is 0.655. The van der Waals surface area contributed by atoms with Gasteiger partial charge >= 0.3 is 0 Å². The standard InChI is InChI=1S/C13H14N6/c1-18-9-14-7-12(18)8-15-13-17-16-10-19(13)11-5-3-2-4-6-11/h2-7,9-10H,8H2,1H3,(H,15,17).